The van der Waals surface area contributed by atoms with E-state index in [1.165, 1.54) is 31.5 Å². The number of hydrogen-bond acceptors (Lipinski definition) is 3. The number of hydrogen-bond donors (Lipinski definition) is 1. The van der Waals surface area contributed by atoms with Crippen LogP contribution in [0, 0.1) is 5.92 Å². The molecule has 1 fully saturated rings. The Kier molecular flexibility index (Phi) is 8.16. The minimum atomic E-state index is 0. The van der Waals surface area contributed by atoms with E-state index in [-0.39, 0.29) is 24.0 Å². The van der Waals surface area contributed by atoms with Crippen LogP contribution in [0.4, 0.5) is 0 Å². The molecule has 0 spiro atoms. The van der Waals surface area contributed by atoms with Crippen LogP contribution in [0.15, 0.2) is 17.4 Å². The van der Waals surface area contributed by atoms with Crippen LogP contribution in [-0.4, -0.2) is 66.3 Å². The second-order valence-corrected chi connectivity index (χ2v) is 6.08. The fraction of sp³-hybridized carbons (Fsp3) is 0.733. The van der Waals surface area contributed by atoms with Crippen LogP contribution >= 0.6 is 24.0 Å². The maximum atomic E-state index is 4.39. The third kappa shape index (κ3) is 5.75. The number of nitrogens with one attached hydrogen (secondary N) is 1. The smallest absolute Gasteiger partial charge is 0.193 e. The van der Waals surface area contributed by atoms with Gasteiger partial charge < -0.3 is 15.1 Å². The number of aryl methyl sites for hydroxylation is 1. The molecule has 1 saturated heterocycles. The molecule has 7 heteroatoms. The molecular formula is C15H29IN6. The van der Waals surface area contributed by atoms with Gasteiger partial charge in [0.25, 0.3) is 0 Å². The van der Waals surface area contributed by atoms with Gasteiger partial charge in [-0.05, 0) is 32.4 Å². The molecule has 1 unspecified atom stereocenters. The van der Waals surface area contributed by atoms with Gasteiger partial charge in [-0.15, -0.1) is 24.0 Å². The van der Waals surface area contributed by atoms with Gasteiger partial charge in [0.2, 0.25) is 0 Å². The SMILES string of the molecule is CN=C(NCC1CCCN(C)C1)N(C)Cc1cnn(C)c1.I. The Balaban J connectivity index is 0.00000242. The number of rotatable bonds is 4. The summed E-state index contributed by atoms with van der Waals surface area (Å²) in [6.07, 6.45) is 6.55. The van der Waals surface area contributed by atoms with Crippen molar-refractivity contribution < 1.29 is 0 Å². The molecule has 1 aromatic rings. The van der Waals surface area contributed by atoms with E-state index in [1.807, 2.05) is 31.2 Å². The number of aromatic nitrogens is 2. The van der Waals surface area contributed by atoms with E-state index in [0.717, 1.165) is 19.0 Å². The fourth-order valence-electron chi connectivity index (χ4n) is 2.96. The van der Waals surface area contributed by atoms with Gasteiger partial charge >= 0.3 is 0 Å². The quantitative estimate of drug-likeness (QED) is 0.455. The zero-order valence-electron chi connectivity index (χ0n) is 14.1. The zero-order chi connectivity index (χ0) is 15.2. The Bertz CT molecular complexity index is 472. The molecular weight excluding hydrogens is 391 g/mol. The lowest BCUT2D eigenvalue weighted by molar-refractivity contribution is 0.209. The highest BCUT2D eigenvalue weighted by Crippen LogP contribution is 2.14. The lowest BCUT2D eigenvalue weighted by Crippen LogP contribution is -2.44. The topological polar surface area (TPSA) is 48.7 Å². The molecule has 1 atom stereocenters. The number of halogens is 1. The normalized spacial score (nSPS) is 19.6. The van der Waals surface area contributed by atoms with E-state index in [0.29, 0.717) is 5.92 Å². The molecule has 0 saturated carbocycles. The van der Waals surface area contributed by atoms with Crippen LogP contribution < -0.4 is 5.32 Å². The molecule has 2 rings (SSSR count). The average molecular weight is 420 g/mol. The van der Waals surface area contributed by atoms with Crippen LogP contribution in [0.25, 0.3) is 0 Å². The summed E-state index contributed by atoms with van der Waals surface area (Å²) in [7, 11) is 8.05. The molecule has 22 heavy (non-hydrogen) atoms. The third-order valence-electron chi connectivity index (χ3n) is 4.02. The highest BCUT2D eigenvalue weighted by Gasteiger charge is 2.18. The molecule has 0 bridgehead atoms. The number of nitrogens with zero attached hydrogens (tertiary/aromatic N) is 5. The summed E-state index contributed by atoms with van der Waals surface area (Å²) in [4.78, 5) is 8.94. The monoisotopic (exact) mass is 420 g/mol. The van der Waals surface area contributed by atoms with Crippen molar-refractivity contribution in [3.63, 3.8) is 0 Å². The molecule has 0 radical (unpaired) electrons. The summed E-state index contributed by atoms with van der Waals surface area (Å²) in [6, 6.07) is 0. The van der Waals surface area contributed by atoms with E-state index in [9.17, 15) is 0 Å². The highest BCUT2D eigenvalue weighted by atomic mass is 127. The largest absolute Gasteiger partial charge is 0.356 e. The summed E-state index contributed by atoms with van der Waals surface area (Å²) in [5.41, 5.74) is 1.19. The molecule has 0 aliphatic carbocycles. The average Bonchev–Trinajstić information content (AvgIpc) is 2.85. The molecule has 1 aromatic heterocycles. The summed E-state index contributed by atoms with van der Waals surface area (Å²) < 4.78 is 1.83. The van der Waals surface area contributed by atoms with Crippen LogP contribution in [-0.2, 0) is 13.6 Å². The van der Waals surface area contributed by atoms with E-state index < -0.39 is 0 Å². The fourth-order valence-corrected chi connectivity index (χ4v) is 2.96. The summed E-state index contributed by atoms with van der Waals surface area (Å²) >= 11 is 0. The van der Waals surface area contributed by atoms with Crippen molar-refractivity contribution in [1.29, 1.82) is 0 Å². The van der Waals surface area contributed by atoms with Crippen molar-refractivity contribution in [2.45, 2.75) is 19.4 Å². The molecule has 6 nitrogen and oxygen atoms in total. The maximum Gasteiger partial charge on any atom is 0.193 e. The summed E-state index contributed by atoms with van der Waals surface area (Å²) in [5, 5.41) is 7.72. The lowest BCUT2D eigenvalue weighted by atomic mass is 9.98. The van der Waals surface area contributed by atoms with Gasteiger partial charge in [0.1, 0.15) is 0 Å². The molecule has 0 aromatic carbocycles. The maximum absolute atomic E-state index is 4.39. The van der Waals surface area contributed by atoms with Gasteiger partial charge in [0, 0.05) is 52.5 Å². The van der Waals surface area contributed by atoms with Crippen LogP contribution in [0.1, 0.15) is 18.4 Å². The first-order valence-corrected chi connectivity index (χ1v) is 7.66. The van der Waals surface area contributed by atoms with Crippen LogP contribution in [0.5, 0.6) is 0 Å². The minimum absolute atomic E-state index is 0. The second kappa shape index (κ2) is 9.34. The van der Waals surface area contributed by atoms with E-state index >= 15 is 0 Å². The molecule has 1 aliphatic heterocycles. The summed E-state index contributed by atoms with van der Waals surface area (Å²) in [5.74, 6) is 1.67. The Morgan fingerprint density at radius 1 is 1.50 bits per heavy atom. The molecule has 0 amide bonds. The zero-order valence-corrected chi connectivity index (χ0v) is 16.4. The van der Waals surface area contributed by atoms with Gasteiger partial charge in [-0.3, -0.25) is 9.67 Å². The molecule has 126 valence electrons. The first kappa shape index (κ1) is 19.2. The lowest BCUT2D eigenvalue weighted by Gasteiger charge is -2.31. The first-order chi connectivity index (χ1) is 10.1. The molecule has 2 heterocycles. The van der Waals surface area contributed by atoms with Gasteiger partial charge in [0.05, 0.1) is 6.20 Å². The van der Waals surface area contributed by atoms with Crippen LogP contribution in [0.2, 0.25) is 0 Å². The number of aliphatic imine (C=N–C) groups is 1. The van der Waals surface area contributed by atoms with Gasteiger partial charge in [-0.25, -0.2) is 0 Å². The van der Waals surface area contributed by atoms with Gasteiger partial charge in [-0.2, -0.15) is 5.10 Å². The Labute approximate surface area is 151 Å². The first-order valence-electron chi connectivity index (χ1n) is 7.66. The third-order valence-corrected chi connectivity index (χ3v) is 4.02. The predicted octanol–water partition coefficient (Wildman–Crippen LogP) is 1.39. The van der Waals surface area contributed by atoms with Crippen molar-refractivity contribution in [1.82, 2.24) is 24.9 Å². The van der Waals surface area contributed by atoms with Crippen molar-refractivity contribution in [2.75, 3.05) is 40.8 Å². The molecule has 1 N–H and O–H groups in total. The van der Waals surface area contributed by atoms with Crippen LogP contribution in [0.3, 0.4) is 0 Å². The predicted molar refractivity (Wildman–Crippen MR) is 102 cm³/mol. The van der Waals surface area contributed by atoms with Gasteiger partial charge in [0.15, 0.2) is 5.96 Å². The van der Waals surface area contributed by atoms with Crippen molar-refractivity contribution >= 4 is 29.9 Å². The van der Waals surface area contributed by atoms with Gasteiger partial charge in [-0.1, -0.05) is 0 Å². The Morgan fingerprint density at radius 3 is 2.86 bits per heavy atom. The van der Waals surface area contributed by atoms with E-state index in [4.69, 9.17) is 0 Å². The van der Waals surface area contributed by atoms with E-state index in [1.54, 1.807) is 0 Å². The standard InChI is InChI=1S/C15H28N6.HI/c1-16-15(17-8-13-6-5-7-19(2)10-13)20(3)11-14-9-18-21(4)12-14;/h9,12-13H,5-8,10-11H2,1-4H3,(H,16,17);1H. The van der Waals surface area contributed by atoms with Crippen molar-refractivity contribution in [3.8, 4) is 0 Å². The second-order valence-electron chi connectivity index (χ2n) is 6.08. The Morgan fingerprint density at radius 2 is 2.27 bits per heavy atom. The van der Waals surface area contributed by atoms with E-state index in [2.05, 4.69) is 39.3 Å². The minimum Gasteiger partial charge on any atom is -0.356 e. The number of likely N-dealkylation sites (tertiary alicyclic amines) is 1. The number of guanidine groups is 1. The van der Waals surface area contributed by atoms with Crippen molar-refractivity contribution in [2.24, 2.45) is 18.0 Å². The van der Waals surface area contributed by atoms with Crippen molar-refractivity contribution in [3.05, 3.63) is 18.0 Å². The molecule has 1 aliphatic rings. The summed E-state index contributed by atoms with van der Waals surface area (Å²) in [6.45, 7) is 4.22. The Hall–Kier alpha value is -0.830. The highest BCUT2D eigenvalue weighted by molar-refractivity contribution is 14.0. The number of piperidine rings is 1.